The van der Waals surface area contributed by atoms with Crippen LogP contribution in [0.1, 0.15) is 17.3 Å². The first-order valence-electron chi connectivity index (χ1n) is 8.09. The molecule has 0 radical (unpaired) electrons. The molecule has 1 N–H and O–H groups in total. The molecule has 0 saturated heterocycles. The van der Waals surface area contributed by atoms with Gasteiger partial charge in [0.15, 0.2) is 11.6 Å². The molecule has 0 fully saturated rings. The summed E-state index contributed by atoms with van der Waals surface area (Å²) in [6.45, 7) is 1.27. The van der Waals surface area contributed by atoms with Crippen LogP contribution in [0, 0.1) is 11.6 Å². The van der Waals surface area contributed by atoms with Crippen LogP contribution < -0.4 is 9.62 Å². The number of sulfonamides is 1. The second-order valence-corrected chi connectivity index (χ2v) is 8.28. The van der Waals surface area contributed by atoms with Crippen LogP contribution in [0.5, 0.6) is 0 Å². The number of halogens is 3. The fourth-order valence-corrected chi connectivity index (χ4v) is 3.91. The van der Waals surface area contributed by atoms with E-state index in [1.807, 2.05) is 0 Å². The monoisotopic (exact) mass is 446 g/mol. The molecule has 0 aliphatic rings. The molecule has 0 saturated carbocycles. The molecule has 2 aromatic rings. The van der Waals surface area contributed by atoms with Gasteiger partial charge >= 0.3 is 5.97 Å². The van der Waals surface area contributed by atoms with Gasteiger partial charge in [-0.2, -0.15) is 0 Å². The van der Waals surface area contributed by atoms with Crippen molar-refractivity contribution in [3.8, 4) is 0 Å². The first kappa shape index (κ1) is 22.6. The molecule has 156 valence electrons. The Hall–Kier alpha value is -2.72. The van der Waals surface area contributed by atoms with E-state index in [-0.39, 0.29) is 22.0 Å². The highest BCUT2D eigenvalue weighted by atomic mass is 35.5. The van der Waals surface area contributed by atoms with E-state index in [1.165, 1.54) is 25.1 Å². The number of ether oxygens (including phenoxy) is 1. The Morgan fingerprint density at radius 3 is 2.34 bits per heavy atom. The van der Waals surface area contributed by atoms with Crippen LogP contribution in [0.15, 0.2) is 36.4 Å². The molecule has 2 rings (SSSR count). The van der Waals surface area contributed by atoms with Crippen molar-refractivity contribution < 1.29 is 31.5 Å². The molecule has 0 aliphatic heterocycles. The van der Waals surface area contributed by atoms with E-state index in [4.69, 9.17) is 11.6 Å². The van der Waals surface area contributed by atoms with E-state index in [0.717, 1.165) is 25.5 Å². The van der Waals surface area contributed by atoms with Crippen LogP contribution in [0.3, 0.4) is 0 Å². The Morgan fingerprint density at radius 1 is 1.14 bits per heavy atom. The Balaban J connectivity index is 2.35. The molecule has 0 heterocycles. The lowest BCUT2D eigenvalue weighted by molar-refractivity contribution is -0.116. The number of amides is 1. The van der Waals surface area contributed by atoms with Gasteiger partial charge in [0.2, 0.25) is 15.9 Å². The summed E-state index contributed by atoms with van der Waals surface area (Å²) in [6.07, 6.45) is 0.829. The van der Waals surface area contributed by atoms with E-state index < -0.39 is 39.6 Å². The van der Waals surface area contributed by atoms with Crippen LogP contribution in [0.2, 0.25) is 5.02 Å². The molecular formula is C18H17ClF2N2O5S. The molecule has 11 heteroatoms. The number of anilines is 2. The Morgan fingerprint density at radius 2 is 1.79 bits per heavy atom. The van der Waals surface area contributed by atoms with E-state index >= 15 is 0 Å². The number of nitrogens with zero attached hydrogens (tertiary/aromatic N) is 1. The maximum atomic E-state index is 13.6. The number of carbonyl (C=O) groups is 2. The number of esters is 1. The van der Waals surface area contributed by atoms with Gasteiger partial charge in [-0.1, -0.05) is 11.6 Å². The van der Waals surface area contributed by atoms with Crippen molar-refractivity contribution in [3.63, 3.8) is 0 Å². The molecular weight excluding hydrogens is 430 g/mol. The van der Waals surface area contributed by atoms with Gasteiger partial charge in [-0.05, 0) is 37.3 Å². The summed E-state index contributed by atoms with van der Waals surface area (Å²) in [5.41, 5.74) is -0.0639. The van der Waals surface area contributed by atoms with Crippen LogP contribution in [-0.2, 0) is 19.6 Å². The largest absolute Gasteiger partial charge is 0.465 e. The summed E-state index contributed by atoms with van der Waals surface area (Å²) in [4.78, 5) is 24.3. The normalized spacial score (nSPS) is 12.2. The van der Waals surface area contributed by atoms with Crippen molar-refractivity contribution in [1.29, 1.82) is 0 Å². The third kappa shape index (κ3) is 5.21. The zero-order valence-corrected chi connectivity index (χ0v) is 17.1. The summed E-state index contributed by atoms with van der Waals surface area (Å²) in [7, 11) is -2.86. The fraction of sp³-hybridized carbons (Fsp3) is 0.222. The van der Waals surface area contributed by atoms with Crippen molar-refractivity contribution in [2.24, 2.45) is 0 Å². The van der Waals surface area contributed by atoms with Crippen molar-refractivity contribution in [1.82, 2.24) is 0 Å². The highest BCUT2D eigenvalue weighted by Gasteiger charge is 2.30. The molecule has 0 bridgehead atoms. The zero-order chi connectivity index (χ0) is 21.9. The molecule has 29 heavy (non-hydrogen) atoms. The first-order chi connectivity index (χ1) is 13.5. The molecule has 7 nitrogen and oxygen atoms in total. The number of hydrogen-bond acceptors (Lipinski definition) is 5. The summed E-state index contributed by atoms with van der Waals surface area (Å²) >= 11 is 5.92. The average molecular weight is 447 g/mol. The lowest BCUT2D eigenvalue weighted by atomic mass is 10.2. The van der Waals surface area contributed by atoms with Gasteiger partial charge in [0.1, 0.15) is 6.04 Å². The van der Waals surface area contributed by atoms with Crippen LogP contribution >= 0.6 is 11.6 Å². The molecule has 1 atom stereocenters. The maximum absolute atomic E-state index is 13.6. The quantitative estimate of drug-likeness (QED) is 0.688. The van der Waals surface area contributed by atoms with Gasteiger partial charge in [0.25, 0.3) is 0 Å². The van der Waals surface area contributed by atoms with Gasteiger partial charge in [-0.15, -0.1) is 0 Å². The van der Waals surface area contributed by atoms with E-state index in [1.54, 1.807) is 0 Å². The maximum Gasteiger partial charge on any atom is 0.339 e. The lowest BCUT2D eigenvalue weighted by Crippen LogP contribution is -2.45. The number of benzene rings is 2. The number of hydrogen-bond donors (Lipinski definition) is 1. The average Bonchev–Trinajstić information content (AvgIpc) is 2.64. The molecule has 0 unspecified atom stereocenters. The predicted molar refractivity (Wildman–Crippen MR) is 105 cm³/mol. The van der Waals surface area contributed by atoms with E-state index in [9.17, 15) is 26.8 Å². The molecule has 0 aliphatic carbocycles. The van der Waals surface area contributed by atoms with Crippen LogP contribution in [0.25, 0.3) is 0 Å². The minimum Gasteiger partial charge on any atom is -0.465 e. The topological polar surface area (TPSA) is 92.8 Å². The molecule has 2 aromatic carbocycles. The third-order valence-electron chi connectivity index (χ3n) is 3.89. The minimum atomic E-state index is -4.03. The van der Waals surface area contributed by atoms with Gasteiger partial charge in [0, 0.05) is 11.8 Å². The summed E-state index contributed by atoms with van der Waals surface area (Å²) in [6, 6.07) is 5.18. The second-order valence-electron chi connectivity index (χ2n) is 6.01. The smallest absolute Gasteiger partial charge is 0.339 e. The Labute approximate surface area is 171 Å². The van der Waals surface area contributed by atoms with Crippen molar-refractivity contribution in [2.45, 2.75) is 13.0 Å². The highest BCUT2D eigenvalue weighted by molar-refractivity contribution is 7.92. The van der Waals surface area contributed by atoms with Crippen molar-refractivity contribution in [3.05, 3.63) is 58.6 Å². The van der Waals surface area contributed by atoms with E-state index in [2.05, 4.69) is 10.1 Å². The van der Waals surface area contributed by atoms with Gasteiger partial charge < -0.3 is 10.1 Å². The van der Waals surface area contributed by atoms with Crippen molar-refractivity contribution >= 4 is 44.9 Å². The predicted octanol–water partition coefficient (Wildman–Crippen LogP) is 3.20. The Bertz CT molecular complexity index is 1060. The first-order valence-corrected chi connectivity index (χ1v) is 10.3. The SMILES string of the molecule is COC(=O)c1cc(NC(=O)[C@H](C)N(c2ccc(F)c(F)c2)S(C)(=O)=O)ccc1Cl. The van der Waals surface area contributed by atoms with Crippen molar-refractivity contribution in [2.75, 3.05) is 23.0 Å². The number of nitrogens with one attached hydrogen (secondary N) is 1. The van der Waals surface area contributed by atoms with Gasteiger partial charge in [-0.25, -0.2) is 22.0 Å². The lowest BCUT2D eigenvalue weighted by Gasteiger charge is -2.28. The minimum absolute atomic E-state index is 0.000180. The molecule has 1 amide bonds. The third-order valence-corrected chi connectivity index (χ3v) is 5.46. The van der Waals surface area contributed by atoms with Crippen LogP contribution in [-0.4, -0.2) is 39.7 Å². The standard InChI is InChI=1S/C18H17ClF2N2O5S/c1-10(23(29(3,26)27)12-5-7-15(20)16(21)9-12)17(24)22-11-4-6-14(19)13(8-11)18(25)28-2/h4-10H,1-3H3,(H,22,24)/t10-/m0/s1. The number of rotatable bonds is 6. The highest BCUT2D eigenvalue weighted by Crippen LogP contribution is 2.25. The number of carbonyl (C=O) groups excluding carboxylic acids is 2. The summed E-state index contributed by atoms with van der Waals surface area (Å²) in [5, 5.41) is 2.56. The second kappa shape index (κ2) is 8.75. The molecule has 0 spiro atoms. The van der Waals surface area contributed by atoms with E-state index in [0.29, 0.717) is 10.4 Å². The number of methoxy groups -OCH3 is 1. The van der Waals surface area contributed by atoms with Gasteiger partial charge in [-0.3, -0.25) is 9.10 Å². The molecule has 0 aromatic heterocycles. The van der Waals surface area contributed by atoms with Gasteiger partial charge in [0.05, 0.1) is 29.6 Å². The zero-order valence-electron chi connectivity index (χ0n) is 15.6. The Kier molecular flexibility index (Phi) is 6.81. The van der Waals surface area contributed by atoms with Crippen LogP contribution in [0.4, 0.5) is 20.2 Å². The summed E-state index contributed by atoms with van der Waals surface area (Å²) < 4.78 is 56.4. The fourth-order valence-electron chi connectivity index (χ4n) is 2.55. The summed E-state index contributed by atoms with van der Waals surface area (Å²) in [5.74, 6) is -3.92.